The van der Waals surface area contributed by atoms with Crippen molar-refractivity contribution in [2.24, 2.45) is 0 Å². The van der Waals surface area contributed by atoms with E-state index in [1.807, 2.05) is 37.3 Å². The number of fused-ring (bicyclic) bond motifs is 1. The topological polar surface area (TPSA) is 32.8 Å². The zero-order chi connectivity index (χ0) is 17.9. The molecule has 0 saturated carbocycles. The number of benzene rings is 2. The molecule has 0 N–H and O–H groups in total. The van der Waals surface area contributed by atoms with Crippen LogP contribution in [0.2, 0.25) is 0 Å². The first-order chi connectivity index (χ1) is 12.7. The third-order valence-electron chi connectivity index (χ3n) is 5.54. The average molecular weight is 350 g/mol. The highest BCUT2D eigenvalue weighted by atomic mass is 16.5. The molecule has 2 atom stereocenters. The van der Waals surface area contributed by atoms with Crippen molar-refractivity contribution in [3.8, 4) is 5.75 Å². The summed E-state index contributed by atoms with van der Waals surface area (Å²) in [6.45, 7) is 5.30. The van der Waals surface area contributed by atoms with Gasteiger partial charge >= 0.3 is 0 Å². The van der Waals surface area contributed by atoms with Crippen molar-refractivity contribution in [3.63, 3.8) is 0 Å². The van der Waals surface area contributed by atoms with Crippen LogP contribution in [0.1, 0.15) is 30.9 Å². The van der Waals surface area contributed by atoms with E-state index in [9.17, 15) is 4.79 Å². The van der Waals surface area contributed by atoms with Gasteiger partial charge in [-0.05, 0) is 43.0 Å². The summed E-state index contributed by atoms with van der Waals surface area (Å²) in [5.74, 6) is 1.17. The summed E-state index contributed by atoms with van der Waals surface area (Å²) in [7, 11) is 0. The van der Waals surface area contributed by atoms with Gasteiger partial charge in [0.25, 0.3) is 0 Å². The second-order valence-corrected chi connectivity index (χ2v) is 7.35. The number of nitrogens with zero attached hydrogens (tertiary/aromatic N) is 2. The minimum Gasteiger partial charge on any atom is -0.489 e. The van der Waals surface area contributed by atoms with Crippen molar-refractivity contribution in [1.82, 2.24) is 9.80 Å². The van der Waals surface area contributed by atoms with E-state index in [1.165, 1.54) is 5.56 Å². The van der Waals surface area contributed by atoms with Crippen molar-refractivity contribution in [1.29, 1.82) is 0 Å². The summed E-state index contributed by atoms with van der Waals surface area (Å²) in [5.41, 5.74) is 2.36. The summed E-state index contributed by atoms with van der Waals surface area (Å²) in [5, 5.41) is 0. The van der Waals surface area contributed by atoms with Crippen molar-refractivity contribution in [2.75, 3.05) is 13.1 Å². The molecule has 2 aliphatic rings. The highest BCUT2D eigenvalue weighted by Crippen LogP contribution is 2.27. The van der Waals surface area contributed by atoms with Gasteiger partial charge in [0.05, 0.1) is 6.04 Å². The molecule has 0 radical (unpaired) electrons. The number of carbonyl (C=O) groups excluding carboxylic acids is 1. The van der Waals surface area contributed by atoms with E-state index in [0.717, 1.165) is 43.8 Å². The van der Waals surface area contributed by atoms with Crippen LogP contribution in [0.4, 0.5) is 0 Å². The molecule has 1 amide bonds. The van der Waals surface area contributed by atoms with E-state index in [0.29, 0.717) is 12.6 Å². The zero-order valence-electron chi connectivity index (χ0n) is 15.3. The second kappa shape index (κ2) is 7.50. The Morgan fingerprint density at radius 3 is 2.73 bits per heavy atom. The van der Waals surface area contributed by atoms with E-state index in [4.69, 9.17) is 4.74 Å². The number of piperazine rings is 1. The smallest absolute Gasteiger partial charge is 0.239 e. The summed E-state index contributed by atoms with van der Waals surface area (Å²) < 4.78 is 5.95. The van der Waals surface area contributed by atoms with Crippen LogP contribution >= 0.6 is 0 Å². The first-order valence-electron chi connectivity index (χ1n) is 9.51. The molecule has 0 bridgehead atoms. The number of hydrogen-bond donors (Lipinski definition) is 0. The van der Waals surface area contributed by atoms with Crippen LogP contribution in [0.5, 0.6) is 5.75 Å². The van der Waals surface area contributed by atoms with Gasteiger partial charge in [-0.1, -0.05) is 42.5 Å². The Hall–Kier alpha value is -2.33. The lowest BCUT2D eigenvalue weighted by atomic mass is 10.1. The van der Waals surface area contributed by atoms with Crippen LogP contribution in [-0.4, -0.2) is 40.9 Å². The van der Waals surface area contributed by atoms with Gasteiger partial charge < -0.3 is 9.64 Å². The fourth-order valence-corrected chi connectivity index (χ4v) is 4.05. The second-order valence-electron chi connectivity index (χ2n) is 7.35. The van der Waals surface area contributed by atoms with Crippen LogP contribution in [0, 0.1) is 0 Å². The minimum absolute atomic E-state index is 0.0433. The first-order valence-corrected chi connectivity index (χ1v) is 9.51. The molecular formula is C22H26N2O2. The van der Waals surface area contributed by atoms with Crippen LogP contribution in [0.25, 0.3) is 0 Å². The van der Waals surface area contributed by atoms with Gasteiger partial charge in [0.2, 0.25) is 5.91 Å². The quantitative estimate of drug-likeness (QED) is 0.828. The van der Waals surface area contributed by atoms with E-state index >= 15 is 0 Å². The van der Waals surface area contributed by atoms with Gasteiger partial charge in [-0.3, -0.25) is 9.69 Å². The summed E-state index contributed by atoms with van der Waals surface area (Å²) >= 11 is 0. The molecule has 0 aromatic heterocycles. The van der Waals surface area contributed by atoms with Gasteiger partial charge in [0.1, 0.15) is 12.4 Å². The molecule has 2 heterocycles. The Balaban J connectivity index is 1.41. The molecule has 2 aliphatic heterocycles. The van der Waals surface area contributed by atoms with Crippen LogP contribution in [0.15, 0.2) is 54.6 Å². The fourth-order valence-electron chi connectivity index (χ4n) is 4.05. The number of hydrogen-bond acceptors (Lipinski definition) is 3. The standard InChI is InChI=1S/C22H26N2O2/c1-17-22(25)24-12-6-10-20(24)15-23(17)14-19-9-5-11-21(13-19)26-16-18-7-3-2-4-8-18/h2-5,7-9,11,13,17,20H,6,10,12,14-16H2,1H3/t17-,20-/m1/s1. The molecule has 4 rings (SSSR count). The number of carbonyl (C=O) groups is 1. The molecule has 0 unspecified atom stereocenters. The van der Waals surface area contributed by atoms with Crippen molar-refractivity contribution >= 4 is 5.91 Å². The zero-order valence-corrected chi connectivity index (χ0v) is 15.3. The SMILES string of the molecule is C[C@@H]1C(=O)N2CCC[C@@H]2CN1Cc1cccc(OCc2ccccc2)c1. The Kier molecular flexibility index (Phi) is 4.93. The molecule has 26 heavy (non-hydrogen) atoms. The normalized spacial score (nSPS) is 23.1. The minimum atomic E-state index is -0.0433. The Bertz CT molecular complexity index is 762. The molecule has 2 saturated heterocycles. The molecule has 136 valence electrons. The highest BCUT2D eigenvalue weighted by molar-refractivity contribution is 5.83. The Morgan fingerprint density at radius 1 is 1.08 bits per heavy atom. The third kappa shape index (κ3) is 3.61. The maximum Gasteiger partial charge on any atom is 0.239 e. The van der Waals surface area contributed by atoms with Crippen LogP contribution in [0.3, 0.4) is 0 Å². The van der Waals surface area contributed by atoms with Crippen molar-refractivity contribution in [3.05, 3.63) is 65.7 Å². The molecule has 4 nitrogen and oxygen atoms in total. The van der Waals surface area contributed by atoms with E-state index in [-0.39, 0.29) is 11.9 Å². The first kappa shape index (κ1) is 17.1. The highest BCUT2D eigenvalue weighted by Gasteiger charge is 2.39. The lowest BCUT2D eigenvalue weighted by Gasteiger charge is -2.41. The monoisotopic (exact) mass is 350 g/mol. The van der Waals surface area contributed by atoms with Gasteiger partial charge in [0.15, 0.2) is 0 Å². The molecule has 2 fully saturated rings. The lowest BCUT2D eigenvalue weighted by molar-refractivity contribution is -0.143. The molecule has 0 spiro atoms. The number of rotatable bonds is 5. The van der Waals surface area contributed by atoms with E-state index in [2.05, 4.69) is 34.1 Å². The van der Waals surface area contributed by atoms with Gasteiger partial charge in [-0.2, -0.15) is 0 Å². The number of amides is 1. The molecular weight excluding hydrogens is 324 g/mol. The van der Waals surface area contributed by atoms with Gasteiger partial charge in [0, 0.05) is 25.7 Å². The maximum absolute atomic E-state index is 12.6. The summed E-state index contributed by atoms with van der Waals surface area (Å²) in [6.07, 6.45) is 2.27. The maximum atomic E-state index is 12.6. The van der Waals surface area contributed by atoms with Crippen molar-refractivity contribution < 1.29 is 9.53 Å². The van der Waals surface area contributed by atoms with Crippen LogP contribution < -0.4 is 4.74 Å². The predicted molar refractivity (Wildman–Crippen MR) is 102 cm³/mol. The molecule has 2 aromatic rings. The Morgan fingerprint density at radius 2 is 1.88 bits per heavy atom. The van der Waals surface area contributed by atoms with E-state index in [1.54, 1.807) is 0 Å². The van der Waals surface area contributed by atoms with Crippen molar-refractivity contribution in [2.45, 2.75) is 45.0 Å². The average Bonchev–Trinajstić information content (AvgIpc) is 3.14. The van der Waals surface area contributed by atoms with Gasteiger partial charge in [-0.25, -0.2) is 0 Å². The lowest BCUT2D eigenvalue weighted by Crippen LogP contribution is -2.58. The van der Waals surface area contributed by atoms with Gasteiger partial charge in [-0.15, -0.1) is 0 Å². The molecule has 4 heteroatoms. The molecule has 2 aromatic carbocycles. The number of ether oxygens (including phenoxy) is 1. The van der Waals surface area contributed by atoms with E-state index < -0.39 is 0 Å². The summed E-state index contributed by atoms with van der Waals surface area (Å²) in [4.78, 5) is 17.0. The summed E-state index contributed by atoms with van der Waals surface area (Å²) in [6, 6.07) is 18.8. The predicted octanol–water partition coefficient (Wildman–Crippen LogP) is 3.46. The third-order valence-corrected chi connectivity index (χ3v) is 5.54. The largest absolute Gasteiger partial charge is 0.489 e. The fraction of sp³-hybridized carbons (Fsp3) is 0.409. The van der Waals surface area contributed by atoms with Crippen LogP contribution in [-0.2, 0) is 17.9 Å². The Labute approximate surface area is 155 Å². The molecule has 0 aliphatic carbocycles.